The van der Waals surface area contributed by atoms with Crippen LogP contribution in [-0.2, 0) is 9.59 Å². The van der Waals surface area contributed by atoms with E-state index in [0.717, 1.165) is 5.70 Å². The molecular formula is C17H24N2O2. The number of rotatable bonds is 9. The molecule has 0 aromatic heterocycles. The van der Waals surface area contributed by atoms with Gasteiger partial charge >= 0.3 is 0 Å². The lowest BCUT2D eigenvalue weighted by molar-refractivity contribution is -0.126. The maximum atomic E-state index is 11.8. The molecule has 0 aliphatic rings. The van der Waals surface area contributed by atoms with Crippen molar-refractivity contribution in [3.05, 3.63) is 62.4 Å². The number of hydrogen-bond donors (Lipinski definition) is 0. The van der Waals surface area contributed by atoms with Gasteiger partial charge in [0.15, 0.2) is 0 Å². The summed E-state index contributed by atoms with van der Waals surface area (Å²) in [5, 5.41) is 0. The van der Waals surface area contributed by atoms with Gasteiger partial charge in [-0.1, -0.05) is 25.3 Å². The van der Waals surface area contributed by atoms with Crippen molar-refractivity contribution in [2.24, 2.45) is 0 Å². The Kier molecular flexibility index (Phi) is 8.46. The van der Waals surface area contributed by atoms with Gasteiger partial charge in [-0.3, -0.25) is 9.59 Å². The molecule has 0 rings (SSSR count). The topological polar surface area (TPSA) is 40.6 Å². The van der Waals surface area contributed by atoms with Crippen LogP contribution in [-0.4, -0.2) is 40.7 Å². The molecule has 0 aliphatic carbocycles. The van der Waals surface area contributed by atoms with Crippen LogP contribution in [0.4, 0.5) is 0 Å². The maximum Gasteiger partial charge on any atom is 0.250 e. The predicted molar refractivity (Wildman–Crippen MR) is 87.4 cm³/mol. The first kappa shape index (κ1) is 18.6. The lowest BCUT2D eigenvalue weighted by Gasteiger charge is -2.27. The second-order valence-electron chi connectivity index (χ2n) is 4.47. The quantitative estimate of drug-likeness (QED) is 0.483. The third-order valence-electron chi connectivity index (χ3n) is 2.94. The van der Waals surface area contributed by atoms with Crippen LogP contribution in [0.1, 0.15) is 13.8 Å². The molecule has 0 saturated carbocycles. The summed E-state index contributed by atoms with van der Waals surface area (Å²) in [6.45, 7) is 18.7. The van der Waals surface area contributed by atoms with Gasteiger partial charge in [0.05, 0.1) is 0 Å². The van der Waals surface area contributed by atoms with Gasteiger partial charge < -0.3 is 9.80 Å². The molecule has 2 amide bonds. The average Bonchev–Trinajstić information content (AvgIpc) is 2.48. The molecule has 0 aromatic carbocycles. The van der Waals surface area contributed by atoms with Crippen molar-refractivity contribution < 1.29 is 9.59 Å². The van der Waals surface area contributed by atoms with E-state index in [-0.39, 0.29) is 17.9 Å². The van der Waals surface area contributed by atoms with Crippen LogP contribution in [0.5, 0.6) is 0 Å². The van der Waals surface area contributed by atoms with E-state index >= 15 is 0 Å². The summed E-state index contributed by atoms with van der Waals surface area (Å²) in [7, 11) is 0. The summed E-state index contributed by atoms with van der Waals surface area (Å²) >= 11 is 0. The molecule has 114 valence electrons. The largest absolute Gasteiger partial charge is 0.329 e. The molecule has 1 atom stereocenters. The summed E-state index contributed by atoms with van der Waals surface area (Å²) in [6.07, 6.45) is 7.65. The minimum atomic E-state index is -0.207. The monoisotopic (exact) mass is 288 g/mol. The predicted octanol–water partition coefficient (Wildman–Crippen LogP) is 2.68. The molecule has 0 saturated heterocycles. The van der Waals surface area contributed by atoms with Crippen molar-refractivity contribution in [2.75, 3.05) is 13.1 Å². The van der Waals surface area contributed by atoms with E-state index < -0.39 is 0 Å². The minimum Gasteiger partial charge on any atom is -0.329 e. The smallest absolute Gasteiger partial charge is 0.250 e. The zero-order chi connectivity index (χ0) is 16.4. The van der Waals surface area contributed by atoms with E-state index in [1.807, 2.05) is 19.9 Å². The zero-order valence-electron chi connectivity index (χ0n) is 12.9. The number of allylic oxidation sites excluding steroid dienone is 1. The highest BCUT2D eigenvalue weighted by molar-refractivity contribution is 5.89. The Morgan fingerprint density at radius 1 is 1.00 bits per heavy atom. The number of carbonyl (C=O) groups is 2. The van der Waals surface area contributed by atoms with Crippen LogP contribution in [0.15, 0.2) is 62.4 Å². The Hall–Kier alpha value is -2.36. The molecule has 21 heavy (non-hydrogen) atoms. The van der Waals surface area contributed by atoms with Crippen LogP contribution >= 0.6 is 0 Å². The summed E-state index contributed by atoms with van der Waals surface area (Å²) in [4.78, 5) is 26.8. The Morgan fingerprint density at radius 3 is 1.95 bits per heavy atom. The molecule has 0 spiro atoms. The van der Waals surface area contributed by atoms with Gasteiger partial charge in [0.2, 0.25) is 11.8 Å². The van der Waals surface area contributed by atoms with E-state index in [4.69, 9.17) is 0 Å². The third-order valence-corrected chi connectivity index (χ3v) is 2.94. The summed E-state index contributed by atoms with van der Waals surface area (Å²) in [5.41, 5.74) is 0.734. The Bertz CT molecular complexity index is 463. The number of nitrogens with zero attached hydrogens (tertiary/aromatic N) is 2. The minimum absolute atomic E-state index is 0.184. The van der Waals surface area contributed by atoms with E-state index in [1.54, 1.807) is 22.0 Å². The molecule has 0 fully saturated rings. The first-order chi connectivity index (χ1) is 9.92. The molecule has 0 bridgehead atoms. The molecule has 0 heterocycles. The highest BCUT2D eigenvalue weighted by atomic mass is 16.2. The molecule has 4 heteroatoms. The fourth-order valence-electron chi connectivity index (χ4n) is 1.89. The van der Waals surface area contributed by atoms with Gasteiger partial charge in [-0.15, -0.1) is 13.2 Å². The molecule has 0 aromatic rings. The van der Waals surface area contributed by atoms with Crippen molar-refractivity contribution in [3.8, 4) is 0 Å². The fraction of sp³-hybridized carbons (Fsp3) is 0.294. The van der Waals surface area contributed by atoms with Crippen molar-refractivity contribution in [1.29, 1.82) is 0 Å². The number of amides is 2. The van der Waals surface area contributed by atoms with Crippen LogP contribution in [0.25, 0.3) is 0 Å². The molecule has 0 aliphatic heterocycles. The van der Waals surface area contributed by atoms with Crippen molar-refractivity contribution in [3.63, 3.8) is 0 Å². The average molecular weight is 288 g/mol. The third kappa shape index (κ3) is 5.65. The van der Waals surface area contributed by atoms with Crippen LogP contribution in [0.2, 0.25) is 0 Å². The Labute approximate surface area is 127 Å². The lowest BCUT2D eigenvalue weighted by Crippen LogP contribution is -2.37. The van der Waals surface area contributed by atoms with Gasteiger partial charge in [-0.2, -0.15) is 0 Å². The van der Waals surface area contributed by atoms with E-state index in [0.29, 0.717) is 13.1 Å². The molecule has 0 N–H and O–H groups in total. The van der Waals surface area contributed by atoms with E-state index in [9.17, 15) is 9.59 Å². The number of hydrogen-bond acceptors (Lipinski definition) is 2. The summed E-state index contributed by atoms with van der Waals surface area (Å²) < 4.78 is 0. The first-order valence-electron chi connectivity index (χ1n) is 6.70. The summed E-state index contributed by atoms with van der Waals surface area (Å²) in [6, 6.07) is -0.196. The zero-order valence-corrected chi connectivity index (χ0v) is 12.9. The Balaban J connectivity index is 5.30. The fourth-order valence-corrected chi connectivity index (χ4v) is 1.89. The van der Waals surface area contributed by atoms with E-state index in [1.165, 1.54) is 12.2 Å². The standard InChI is InChI=1S/C17H24N2O2/c1-7-11-18(16(20)9-3)14(5)13-15(6)19(12-8-2)17(21)10-4/h7-10,13-14H,1-4,11-12H2,5-6H3. The van der Waals surface area contributed by atoms with Gasteiger partial charge in [0.25, 0.3) is 0 Å². The number of carbonyl (C=O) groups excluding carboxylic acids is 2. The highest BCUT2D eigenvalue weighted by Gasteiger charge is 2.17. The van der Waals surface area contributed by atoms with Crippen molar-refractivity contribution in [2.45, 2.75) is 19.9 Å². The highest BCUT2D eigenvalue weighted by Crippen LogP contribution is 2.10. The van der Waals surface area contributed by atoms with Crippen molar-refractivity contribution in [1.82, 2.24) is 9.80 Å². The second-order valence-corrected chi connectivity index (χ2v) is 4.47. The SMILES string of the molecule is C=CCN(C(=O)C=C)C(C)=CC(C)N(CC=C)C(=O)C=C. The van der Waals surface area contributed by atoms with Crippen LogP contribution in [0.3, 0.4) is 0 Å². The van der Waals surface area contributed by atoms with Gasteiger partial charge in [-0.05, 0) is 32.1 Å². The Morgan fingerprint density at radius 2 is 1.52 bits per heavy atom. The maximum absolute atomic E-state index is 11.8. The van der Waals surface area contributed by atoms with Gasteiger partial charge in [-0.25, -0.2) is 0 Å². The molecule has 1 unspecified atom stereocenters. The summed E-state index contributed by atoms with van der Waals surface area (Å²) in [5.74, 6) is -0.391. The molecular weight excluding hydrogens is 264 g/mol. The van der Waals surface area contributed by atoms with Gasteiger partial charge in [0, 0.05) is 24.8 Å². The lowest BCUT2D eigenvalue weighted by atomic mass is 10.2. The van der Waals surface area contributed by atoms with Crippen LogP contribution < -0.4 is 0 Å². The van der Waals surface area contributed by atoms with E-state index in [2.05, 4.69) is 26.3 Å². The van der Waals surface area contributed by atoms with Crippen LogP contribution in [0, 0.1) is 0 Å². The normalized spacial score (nSPS) is 12.0. The first-order valence-corrected chi connectivity index (χ1v) is 6.70. The van der Waals surface area contributed by atoms with Crippen molar-refractivity contribution >= 4 is 11.8 Å². The molecule has 4 nitrogen and oxygen atoms in total. The second kappa shape index (κ2) is 9.53. The van der Waals surface area contributed by atoms with Gasteiger partial charge in [0.1, 0.15) is 0 Å². The molecule has 0 radical (unpaired) electrons.